The second kappa shape index (κ2) is 5.33. The highest BCUT2D eigenvalue weighted by Gasteiger charge is 2.12. The zero-order chi connectivity index (χ0) is 10.5. The third-order valence-corrected chi connectivity index (χ3v) is 2.90. The average molecular weight is 226 g/mol. The lowest BCUT2D eigenvalue weighted by molar-refractivity contribution is 0.392. The fraction of sp³-hybridized carbons (Fsp3) is 0.545. The van der Waals surface area contributed by atoms with Crippen LogP contribution in [0.25, 0.3) is 0 Å². The van der Waals surface area contributed by atoms with Crippen molar-refractivity contribution in [1.29, 1.82) is 0 Å². The Bertz CT molecular complexity index is 310. The van der Waals surface area contributed by atoms with Gasteiger partial charge in [0.1, 0.15) is 11.0 Å². The number of hydrogen-bond donors (Lipinski definition) is 2. The van der Waals surface area contributed by atoms with Crippen molar-refractivity contribution in [1.82, 2.24) is 10.3 Å². The van der Waals surface area contributed by atoms with Crippen LogP contribution < -0.4 is 10.6 Å². The molecule has 15 heavy (non-hydrogen) atoms. The Kier molecular flexibility index (Phi) is 3.80. The first-order chi connectivity index (χ1) is 7.34. The molecule has 1 fully saturated rings. The number of halogens is 1. The van der Waals surface area contributed by atoms with Crippen molar-refractivity contribution in [3.05, 3.63) is 23.4 Å². The molecule has 4 heteroatoms. The van der Waals surface area contributed by atoms with Crippen molar-refractivity contribution >= 4 is 17.4 Å². The van der Waals surface area contributed by atoms with Crippen LogP contribution >= 0.6 is 11.6 Å². The van der Waals surface area contributed by atoms with Gasteiger partial charge in [0.25, 0.3) is 0 Å². The molecule has 1 aromatic heterocycles. The van der Waals surface area contributed by atoms with Crippen molar-refractivity contribution < 1.29 is 0 Å². The summed E-state index contributed by atoms with van der Waals surface area (Å²) < 4.78 is 0. The molecule has 3 nitrogen and oxygen atoms in total. The number of piperidine rings is 1. The van der Waals surface area contributed by atoms with Gasteiger partial charge in [-0.3, -0.25) is 0 Å². The predicted molar refractivity (Wildman–Crippen MR) is 63.3 cm³/mol. The molecule has 0 radical (unpaired) electrons. The largest absolute Gasteiger partial charge is 0.370 e. The lowest BCUT2D eigenvalue weighted by Gasteiger charge is -2.23. The van der Waals surface area contributed by atoms with Gasteiger partial charge in [0.15, 0.2) is 0 Å². The number of anilines is 1. The molecule has 1 aromatic rings. The number of aromatic nitrogens is 1. The summed E-state index contributed by atoms with van der Waals surface area (Å²) in [7, 11) is 0. The van der Waals surface area contributed by atoms with Crippen LogP contribution in [0.2, 0.25) is 5.15 Å². The van der Waals surface area contributed by atoms with Crippen LogP contribution in [-0.2, 0) is 0 Å². The normalized spacial score (nSPS) is 21.3. The van der Waals surface area contributed by atoms with Gasteiger partial charge in [-0.15, -0.1) is 0 Å². The third-order valence-electron chi connectivity index (χ3n) is 2.69. The van der Waals surface area contributed by atoms with Crippen molar-refractivity contribution in [2.45, 2.75) is 12.8 Å². The molecule has 1 aliphatic heterocycles. The molecular weight excluding hydrogens is 210 g/mol. The second-order valence-electron chi connectivity index (χ2n) is 3.94. The maximum Gasteiger partial charge on any atom is 0.131 e. The Balaban J connectivity index is 1.81. The van der Waals surface area contributed by atoms with E-state index in [1.807, 2.05) is 12.1 Å². The minimum atomic E-state index is 0.543. The van der Waals surface area contributed by atoms with Gasteiger partial charge in [0.2, 0.25) is 0 Å². The highest BCUT2D eigenvalue weighted by molar-refractivity contribution is 6.29. The highest BCUT2D eigenvalue weighted by atomic mass is 35.5. The van der Waals surface area contributed by atoms with Crippen molar-refractivity contribution in [3.8, 4) is 0 Å². The molecule has 2 N–H and O–H groups in total. The molecule has 82 valence electrons. The highest BCUT2D eigenvalue weighted by Crippen LogP contribution is 2.13. The zero-order valence-electron chi connectivity index (χ0n) is 8.67. The topological polar surface area (TPSA) is 37.0 Å². The fourth-order valence-electron chi connectivity index (χ4n) is 1.85. The Labute approximate surface area is 95.2 Å². The minimum Gasteiger partial charge on any atom is -0.370 e. The second-order valence-corrected chi connectivity index (χ2v) is 4.33. The fourth-order valence-corrected chi connectivity index (χ4v) is 2.02. The Morgan fingerprint density at radius 2 is 2.47 bits per heavy atom. The first-order valence-corrected chi connectivity index (χ1v) is 5.79. The summed E-state index contributed by atoms with van der Waals surface area (Å²) >= 11 is 5.80. The molecule has 1 unspecified atom stereocenters. The average Bonchev–Trinajstić information content (AvgIpc) is 2.28. The van der Waals surface area contributed by atoms with E-state index in [4.69, 9.17) is 11.6 Å². The Hall–Kier alpha value is -0.800. The Morgan fingerprint density at radius 1 is 1.53 bits per heavy atom. The van der Waals surface area contributed by atoms with E-state index in [9.17, 15) is 0 Å². The molecule has 0 amide bonds. The lowest BCUT2D eigenvalue weighted by atomic mass is 10.00. The van der Waals surface area contributed by atoms with Crippen molar-refractivity contribution in [2.24, 2.45) is 5.92 Å². The molecule has 0 aliphatic carbocycles. The molecule has 2 heterocycles. The molecular formula is C11H16ClN3. The van der Waals surface area contributed by atoms with E-state index in [0.29, 0.717) is 11.1 Å². The predicted octanol–water partition coefficient (Wildman–Crippen LogP) is 2.15. The van der Waals surface area contributed by atoms with Crippen LogP contribution in [0, 0.1) is 5.92 Å². The van der Waals surface area contributed by atoms with Gasteiger partial charge in [0.05, 0.1) is 0 Å². The summed E-state index contributed by atoms with van der Waals surface area (Å²) in [6, 6.07) is 5.65. The van der Waals surface area contributed by atoms with Gasteiger partial charge < -0.3 is 10.6 Å². The van der Waals surface area contributed by atoms with Gasteiger partial charge in [0, 0.05) is 6.54 Å². The summed E-state index contributed by atoms with van der Waals surface area (Å²) in [6.07, 6.45) is 2.57. The van der Waals surface area contributed by atoms with Gasteiger partial charge >= 0.3 is 0 Å². The van der Waals surface area contributed by atoms with Gasteiger partial charge in [-0.1, -0.05) is 17.7 Å². The van der Waals surface area contributed by atoms with E-state index in [1.54, 1.807) is 6.07 Å². The summed E-state index contributed by atoms with van der Waals surface area (Å²) in [6.45, 7) is 3.24. The van der Waals surface area contributed by atoms with E-state index in [-0.39, 0.29) is 0 Å². The van der Waals surface area contributed by atoms with E-state index >= 15 is 0 Å². The number of nitrogens with one attached hydrogen (secondary N) is 2. The molecule has 0 bridgehead atoms. The number of nitrogens with zero attached hydrogens (tertiary/aromatic N) is 1. The molecule has 0 saturated carbocycles. The maximum atomic E-state index is 5.80. The van der Waals surface area contributed by atoms with Crippen LogP contribution in [0.15, 0.2) is 18.2 Å². The SMILES string of the molecule is Clc1cccc(NCC2CCCNC2)n1. The first kappa shape index (κ1) is 10.7. The molecule has 1 saturated heterocycles. The van der Waals surface area contributed by atoms with Crippen LogP contribution in [0.4, 0.5) is 5.82 Å². The quantitative estimate of drug-likeness (QED) is 0.775. The summed E-state index contributed by atoms with van der Waals surface area (Å²) in [5, 5.41) is 7.26. The van der Waals surface area contributed by atoms with Crippen molar-refractivity contribution in [3.63, 3.8) is 0 Å². The summed E-state index contributed by atoms with van der Waals surface area (Å²) in [5.41, 5.74) is 0. The van der Waals surface area contributed by atoms with Gasteiger partial charge in [-0.2, -0.15) is 0 Å². The standard InChI is InChI=1S/C11H16ClN3/c12-10-4-1-5-11(15-10)14-8-9-3-2-6-13-7-9/h1,4-5,9,13H,2-3,6-8H2,(H,14,15). The van der Waals surface area contributed by atoms with Crippen LogP contribution in [0.3, 0.4) is 0 Å². The van der Waals surface area contributed by atoms with Crippen molar-refractivity contribution in [2.75, 3.05) is 25.0 Å². The third kappa shape index (κ3) is 3.36. The number of pyridine rings is 1. The molecule has 1 aliphatic rings. The van der Waals surface area contributed by atoms with E-state index in [2.05, 4.69) is 15.6 Å². The molecule has 2 rings (SSSR count). The first-order valence-electron chi connectivity index (χ1n) is 5.42. The maximum absolute atomic E-state index is 5.80. The van der Waals surface area contributed by atoms with E-state index in [0.717, 1.165) is 25.5 Å². The lowest BCUT2D eigenvalue weighted by Crippen LogP contribution is -2.33. The number of hydrogen-bond acceptors (Lipinski definition) is 3. The zero-order valence-corrected chi connectivity index (χ0v) is 9.43. The Morgan fingerprint density at radius 3 is 3.20 bits per heavy atom. The monoisotopic (exact) mass is 225 g/mol. The molecule has 0 spiro atoms. The molecule has 1 atom stereocenters. The van der Waals surface area contributed by atoms with Crippen LogP contribution in [0.5, 0.6) is 0 Å². The summed E-state index contributed by atoms with van der Waals surface area (Å²) in [4.78, 5) is 4.19. The van der Waals surface area contributed by atoms with Crippen LogP contribution in [-0.4, -0.2) is 24.6 Å². The van der Waals surface area contributed by atoms with Gasteiger partial charge in [-0.25, -0.2) is 4.98 Å². The summed E-state index contributed by atoms with van der Waals surface area (Å²) in [5.74, 6) is 1.58. The van der Waals surface area contributed by atoms with Gasteiger partial charge in [-0.05, 0) is 44.0 Å². The van der Waals surface area contributed by atoms with E-state index < -0.39 is 0 Å². The van der Waals surface area contributed by atoms with Crippen LogP contribution in [0.1, 0.15) is 12.8 Å². The van der Waals surface area contributed by atoms with E-state index in [1.165, 1.54) is 12.8 Å². The minimum absolute atomic E-state index is 0.543. The smallest absolute Gasteiger partial charge is 0.131 e. The molecule has 0 aromatic carbocycles. The number of rotatable bonds is 3.